The van der Waals surface area contributed by atoms with Gasteiger partial charge in [0.25, 0.3) is 0 Å². The molecular formula is C11H13ClFNOS. The average molecular weight is 262 g/mol. The van der Waals surface area contributed by atoms with Crippen LogP contribution < -0.4 is 5.32 Å². The number of hydrogen-bond acceptors (Lipinski definition) is 2. The van der Waals surface area contributed by atoms with E-state index in [0.717, 1.165) is 0 Å². The van der Waals surface area contributed by atoms with Crippen molar-refractivity contribution < 1.29 is 9.18 Å². The summed E-state index contributed by atoms with van der Waals surface area (Å²) >= 11 is 9.83. The summed E-state index contributed by atoms with van der Waals surface area (Å²) in [7, 11) is 0. The van der Waals surface area contributed by atoms with E-state index >= 15 is 0 Å². The monoisotopic (exact) mass is 261 g/mol. The number of benzene rings is 1. The fourth-order valence-electron chi connectivity index (χ4n) is 1.14. The maximum atomic E-state index is 13.0. The molecule has 1 atom stereocenters. The molecule has 0 fully saturated rings. The van der Waals surface area contributed by atoms with Crippen molar-refractivity contribution in [1.82, 2.24) is 0 Å². The molecular weight excluding hydrogens is 249 g/mol. The van der Waals surface area contributed by atoms with Crippen molar-refractivity contribution in [3.05, 3.63) is 29.0 Å². The highest BCUT2D eigenvalue weighted by molar-refractivity contribution is 7.81. The van der Waals surface area contributed by atoms with E-state index in [-0.39, 0.29) is 16.8 Å². The van der Waals surface area contributed by atoms with E-state index in [1.54, 1.807) is 0 Å². The minimum Gasteiger partial charge on any atom is -0.325 e. The summed E-state index contributed by atoms with van der Waals surface area (Å²) in [4.78, 5) is 11.6. The Bertz CT molecular complexity index is 377. The van der Waals surface area contributed by atoms with Gasteiger partial charge in [-0.05, 0) is 24.1 Å². The lowest BCUT2D eigenvalue weighted by Gasteiger charge is -2.14. The zero-order valence-electron chi connectivity index (χ0n) is 9.00. The van der Waals surface area contributed by atoms with E-state index in [9.17, 15) is 9.18 Å². The van der Waals surface area contributed by atoms with Gasteiger partial charge in [-0.2, -0.15) is 12.6 Å². The zero-order valence-corrected chi connectivity index (χ0v) is 10.6. The fraction of sp³-hybridized carbons (Fsp3) is 0.364. The molecule has 1 rings (SSSR count). The van der Waals surface area contributed by atoms with Crippen molar-refractivity contribution >= 4 is 35.8 Å². The summed E-state index contributed by atoms with van der Waals surface area (Å²) in [6.45, 7) is 3.77. The van der Waals surface area contributed by atoms with Crippen LogP contribution in [0.1, 0.15) is 13.8 Å². The van der Waals surface area contributed by atoms with E-state index in [0.29, 0.717) is 5.69 Å². The number of thiol groups is 1. The van der Waals surface area contributed by atoms with Crippen LogP contribution in [0.15, 0.2) is 18.2 Å². The SMILES string of the molecule is CC(C)C(S)C(=O)Nc1cc(F)cc(Cl)c1. The van der Waals surface area contributed by atoms with Gasteiger partial charge in [-0.3, -0.25) is 4.79 Å². The molecule has 16 heavy (non-hydrogen) atoms. The molecule has 0 radical (unpaired) electrons. The van der Waals surface area contributed by atoms with Gasteiger partial charge >= 0.3 is 0 Å². The van der Waals surface area contributed by atoms with Gasteiger partial charge in [0.2, 0.25) is 5.91 Å². The molecule has 5 heteroatoms. The highest BCUT2D eigenvalue weighted by Crippen LogP contribution is 2.19. The third-order valence-electron chi connectivity index (χ3n) is 2.03. The summed E-state index contributed by atoms with van der Waals surface area (Å²) in [6.07, 6.45) is 0. The van der Waals surface area contributed by atoms with Gasteiger partial charge in [0.05, 0.1) is 5.25 Å². The molecule has 1 aromatic carbocycles. The average Bonchev–Trinajstić information content (AvgIpc) is 2.14. The Balaban J connectivity index is 2.77. The van der Waals surface area contributed by atoms with Crippen LogP contribution in [-0.4, -0.2) is 11.2 Å². The maximum Gasteiger partial charge on any atom is 0.237 e. The Morgan fingerprint density at radius 1 is 1.44 bits per heavy atom. The number of anilines is 1. The van der Waals surface area contributed by atoms with E-state index in [1.165, 1.54) is 18.2 Å². The summed E-state index contributed by atoms with van der Waals surface area (Å²) in [5.74, 6) is -0.643. The molecule has 0 aliphatic carbocycles. The molecule has 1 N–H and O–H groups in total. The van der Waals surface area contributed by atoms with Crippen molar-refractivity contribution in [3.63, 3.8) is 0 Å². The predicted molar refractivity (Wildman–Crippen MR) is 67.7 cm³/mol. The standard InChI is InChI=1S/C11H13ClFNOS/c1-6(2)10(16)11(15)14-9-4-7(12)3-8(13)5-9/h3-6,10,16H,1-2H3,(H,14,15). The lowest BCUT2D eigenvalue weighted by atomic mass is 10.1. The molecule has 88 valence electrons. The zero-order chi connectivity index (χ0) is 12.3. The lowest BCUT2D eigenvalue weighted by molar-refractivity contribution is -0.116. The second kappa shape index (κ2) is 5.55. The van der Waals surface area contributed by atoms with Gasteiger partial charge in [-0.25, -0.2) is 4.39 Å². The Kier molecular flexibility index (Phi) is 4.62. The molecule has 0 aromatic heterocycles. The molecule has 2 nitrogen and oxygen atoms in total. The van der Waals surface area contributed by atoms with Crippen LogP contribution in [0.5, 0.6) is 0 Å². The lowest BCUT2D eigenvalue weighted by Crippen LogP contribution is -2.27. The number of carbonyl (C=O) groups is 1. The van der Waals surface area contributed by atoms with Crippen LogP contribution in [0, 0.1) is 11.7 Å². The highest BCUT2D eigenvalue weighted by Gasteiger charge is 2.17. The van der Waals surface area contributed by atoms with Crippen molar-refractivity contribution in [3.8, 4) is 0 Å². The van der Waals surface area contributed by atoms with Crippen LogP contribution in [0.2, 0.25) is 5.02 Å². The van der Waals surface area contributed by atoms with E-state index in [4.69, 9.17) is 11.6 Å². The van der Waals surface area contributed by atoms with Gasteiger partial charge in [-0.15, -0.1) is 0 Å². The second-order valence-electron chi connectivity index (χ2n) is 3.84. The van der Waals surface area contributed by atoms with Crippen molar-refractivity contribution in [2.75, 3.05) is 5.32 Å². The number of hydrogen-bond donors (Lipinski definition) is 2. The Labute approximate surface area is 105 Å². The van der Waals surface area contributed by atoms with Gasteiger partial charge < -0.3 is 5.32 Å². The molecule has 0 bridgehead atoms. The van der Waals surface area contributed by atoms with Gasteiger partial charge in [0.15, 0.2) is 0 Å². The molecule has 1 aromatic rings. The quantitative estimate of drug-likeness (QED) is 0.803. The second-order valence-corrected chi connectivity index (χ2v) is 4.83. The van der Waals surface area contributed by atoms with Crippen molar-refractivity contribution in [2.45, 2.75) is 19.1 Å². The number of rotatable bonds is 3. The van der Waals surface area contributed by atoms with Gasteiger partial charge in [0, 0.05) is 10.7 Å². The minimum atomic E-state index is -0.483. The summed E-state index contributed by atoms with van der Waals surface area (Å²) in [5, 5.41) is 2.38. The van der Waals surface area contributed by atoms with Gasteiger partial charge in [-0.1, -0.05) is 25.4 Å². The van der Waals surface area contributed by atoms with E-state index in [2.05, 4.69) is 17.9 Å². The molecule has 0 saturated heterocycles. The van der Waals surface area contributed by atoms with Crippen molar-refractivity contribution in [2.24, 2.45) is 5.92 Å². The number of carbonyl (C=O) groups excluding carboxylic acids is 1. The number of nitrogens with one attached hydrogen (secondary N) is 1. The van der Waals surface area contributed by atoms with Crippen LogP contribution in [-0.2, 0) is 4.79 Å². The molecule has 1 unspecified atom stereocenters. The smallest absolute Gasteiger partial charge is 0.237 e. The molecule has 0 spiro atoms. The van der Waals surface area contributed by atoms with E-state index in [1.807, 2.05) is 13.8 Å². The summed E-state index contributed by atoms with van der Waals surface area (Å²) in [6, 6.07) is 3.88. The molecule has 0 saturated carbocycles. The molecule has 0 heterocycles. The first-order valence-corrected chi connectivity index (χ1v) is 5.74. The normalized spacial score (nSPS) is 12.6. The number of halogens is 2. The minimum absolute atomic E-state index is 0.104. The van der Waals surface area contributed by atoms with E-state index < -0.39 is 11.1 Å². The predicted octanol–water partition coefficient (Wildman–Crippen LogP) is 3.37. The highest BCUT2D eigenvalue weighted by atomic mass is 35.5. The first kappa shape index (κ1) is 13.3. The van der Waals surface area contributed by atoms with Gasteiger partial charge in [0.1, 0.15) is 5.82 Å². The molecule has 0 aliphatic heterocycles. The summed E-state index contributed by atoms with van der Waals surface area (Å²) in [5.41, 5.74) is 0.342. The third kappa shape index (κ3) is 3.68. The van der Waals surface area contributed by atoms with Crippen LogP contribution in [0.4, 0.5) is 10.1 Å². The summed E-state index contributed by atoms with van der Waals surface area (Å²) < 4.78 is 13.0. The first-order chi connectivity index (χ1) is 7.40. The molecule has 1 amide bonds. The largest absolute Gasteiger partial charge is 0.325 e. The van der Waals surface area contributed by atoms with Crippen molar-refractivity contribution in [1.29, 1.82) is 0 Å². The van der Waals surface area contributed by atoms with Crippen LogP contribution in [0.25, 0.3) is 0 Å². The Morgan fingerprint density at radius 3 is 2.56 bits per heavy atom. The Morgan fingerprint density at radius 2 is 2.06 bits per heavy atom. The third-order valence-corrected chi connectivity index (χ3v) is 3.08. The topological polar surface area (TPSA) is 29.1 Å². The van der Waals surface area contributed by atoms with Crippen LogP contribution in [0.3, 0.4) is 0 Å². The fourth-order valence-corrected chi connectivity index (χ4v) is 1.43. The first-order valence-electron chi connectivity index (χ1n) is 4.85. The number of amides is 1. The van der Waals surface area contributed by atoms with Crippen LogP contribution >= 0.6 is 24.2 Å². The Hall–Kier alpha value is -0.740. The molecule has 0 aliphatic rings. The maximum absolute atomic E-state index is 13.0.